The Kier molecular flexibility index (Phi) is 5.08. The van der Waals surface area contributed by atoms with E-state index in [9.17, 15) is 4.79 Å². The molecule has 0 unspecified atom stereocenters. The molecule has 0 atom stereocenters. The number of esters is 1. The van der Waals surface area contributed by atoms with Crippen molar-refractivity contribution in [2.24, 2.45) is 0 Å². The molecule has 0 fully saturated rings. The number of para-hydroxylation sites is 1. The molecular weight excluding hydrogens is 480 g/mol. The van der Waals surface area contributed by atoms with Crippen LogP contribution in [0.3, 0.4) is 0 Å². The first kappa shape index (κ1) is 21.8. The SMILES string of the molecule is O=C(Oc1c2c(nc3c1c1ccccc1n3Cc1ccccc1)-c1ccccc1C2)c1ccccc1Cl. The molecule has 1 aliphatic rings. The van der Waals surface area contributed by atoms with Crippen LogP contribution in [0.25, 0.3) is 33.2 Å². The normalized spacial score (nSPS) is 12.0. The third kappa shape index (κ3) is 3.52. The monoisotopic (exact) mass is 500 g/mol. The number of ether oxygens (including phenoxy) is 1. The number of hydrogen-bond donors (Lipinski definition) is 0. The number of fused-ring (bicyclic) bond motifs is 6. The Bertz CT molecular complexity index is 1840. The van der Waals surface area contributed by atoms with E-state index in [2.05, 4.69) is 41.0 Å². The Hall–Kier alpha value is -4.41. The number of hydrogen-bond acceptors (Lipinski definition) is 3. The maximum absolute atomic E-state index is 13.5. The topological polar surface area (TPSA) is 44.1 Å². The van der Waals surface area contributed by atoms with E-state index in [-0.39, 0.29) is 0 Å². The van der Waals surface area contributed by atoms with Gasteiger partial charge in [-0.2, -0.15) is 0 Å². The van der Waals surface area contributed by atoms with Crippen LogP contribution in [0.4, 0.5) is 0 Å². The average molecular weight is 501 g/mol. The summed E-state index contributed by atoms with van der Waals surface area (Å²) in [6.45, 7) is 0.649. The van der Waals surface area contributed by atoms with Crippen LogP contribution in [0.5, 0.6) is 5.75 Å². The van der Waals surface area contributed by atoms with Gasteiger partial charge < -0.3 is 9.30 Å². The molecule has 7 rings (SSSR count). The number of carbonyl (C=O) groups is 1. The second kappa shape index (κ2) is 8.61. The highest BCUT2D eigenvalue weighted by atomic mass is 35.5. The van der Waals surface area contributed by atoms with E-state index in [1.807, 2.05) is 42.5 Å². The minimum absolute atomic E-state index is 0.339. The van der Waals surface area contributed by atoms with Crippen LogP contribution < -0.4 is 4.74 Å². The number of nitrogens with zero attached hydrogens (tertiary/aromatic N) is 2. The van der Waals surface area contributed by atoms with Gasteiger partial charge in [0.25, 0.3) is 0 Å². The van der Waals surface area contributed by atoms with Crippen molar-refractivity contribution in [2.45, 2.75) is 13.0 Å². The van der Waals surface area contributed by atoms with Gasteiger partial charge in [-0.1, -0.05) is 96.5 Å². The average Bonchev–Trinajstić information content (AvgIpc) is 3.46. The number of carbonyl (C=O) groups excluding carboxylic acids is 1. The van der Waals surface area contributed by atoms with Gasteiger partial charge in [-0.25, -0.2) is 9.78 Å². The number of aromatic nitrogens is 2. The van der Waals surface area contributed by atoms with Crippen LogP contribution in [0, 0.1) is 0 Å². The molecule has 2 heterocycles. The van der Waals surface area contributed by atoms with Crippen LogP contribution in [0.15, 0.2) is 103 Å². The molecule has 0 aliphatic heterocycles. The Morgan fingerprint density at radius 2 is 1.59 bits per heavy atom. The number of rotatable bonds is 4. The fraction of sp³-hybridized carbons (Fsp3) is 0.0625. The molecule has 0 radical (unpaired) electrons. The Morgan fingerprint density at radius 3 is 2.46 bits per heavy atom. The third-order valence-corrected chi connectivity index (χ3v) is 7.39. The highest BCUT2D eigenvalue weighted by Gasteiger charge is 2.30. The highest BCUT2D eigenvalue weighted by molar-refractivity contribution is 6.33. The number of benzene rings is 4. The van der Waals surface area contributed by atoms with Crippen molar-refractivity contribution in [3.05, 3.63) is 130 Å². The zero-order chi connectivity index (χ0) is 24.9. The molecule has 1 aliphatic carbocycles. The van der Waals surface area contributed by atoms with Crippen LogP contribution in [0.1, 0.15) is 27.0 Å². The third-order valence-electron chi connectivity index (χ3n) is 7.06. The largest absolute Gasteiger partial charge is 0.422 e. The lowest BCUT2D eigenvalue weighted by Crippen LogP contribution is -2.11. The van der Waals surface area contributed by atoms with Gasteiger partial charge in [0.05, 0.1) is 27.2 Å². The van der Waals surface area contributed by atoms with Crippen molar-refractivity contribution in [3.63, 3.8) is 0 Å². The van der Waals surface area contributed by atoms with Crippen LogP contribution >= 0.6 is 11.6 Å². The van der Waals surface area contributed by atoms with Gasteiger partial charge in [0.2, 0.25) is 0 Å². The van der Waals surface area contributed by atoms with Gasteiger partial charge in [-0.3, -0.25) is 0 Å². The summed E-state index contributed by atoms with van der Waals surface area (Å²) in [4.78, 5) is 18.7. The van der Waals surface area contributed by atoms with E-state index in [0.717, 1.165) is 38.8 Å². The zero-order valence-corrected chi connectivity index (χ0v) is 20.6. The maximum Gasteiger partial charge on any atom is 0.345 e. The molecule has 2 aromatic heterocycles. The Morgan fingerprint density at radius 1 is 0.865 bits per heavy atom. The van der Waals surface area contributed by atoms with Crippen molar-refractivity contribution in [1.29, 1.82) is 0 Å². The second-order valence-electron chi connectivity index (χ2n) is 9.26. The summed E-state index contributed by atoms with van der Waals surface area (Å²) >= 11 is 6.37. The molecule has 4 aromatic carbocycles. The minimum atomic E-state index is -0.476. The Balaban J connectivity index is 1.52. The van der Waals surface area contributed by atoms with E-state index < -0.39 is 5.97 Å². The molecular formula is C32H21ClN2O2. The van der Waals surface area contributed by atoms with Crippen molar-refractivity contribution in [3.8, 4) is 17.0 Å². The fourth-order valence-electron chi connectivity index (χ4n) is 5.36. The second-order valence-corrected chi connectivity index (χ2v) is 9.67. The molecule has 0 saturated heterocycles. The molecule has 5 heteroatoms. The minimum Gasteiger partial charge on any atom is -0.422 e. The summed E-state index contributed by atoms with van der Waals surface area (Å²) in [5.41, 5.74) is 7.38. The van der Waals surface area contributed by atoms with Gasteiger partial charge in [-0.05, 0) is 29.3 Å². The number of halogens is 1. The van der Waals surface area contributed by atoms with E-state index in [1.165, 1.54) is 11.1 Å². The zero-order valence-electron chi connectivity index (χ0n) is 19.8. The van der Waals surface area contributed by atoms with Crippen molar-refractivity contribution in [2.75, 3.05) is 0 Å². The Labute approximate surface area is 218 Å². The lowest BCUT2D eigenvalue weighted by molar-refractivity contribution is 0.0736. The maximum atomic E-state index is 13.5. The molecule has 0 N–H and O–H groups in total. The molecule has 0 spiro atoms. The molecule has 178 valence electrons. The van der Waals surface area contributed by atoms with Gasteiger partial charge >= 0.3 is 5.97 Å². The van der Waals surface area contributed by atoms with Crippen LogP contribution in [-0.4, -0.2) is 15.5 Å². The lowest BCUT2D eigenvalue weighted by Gasteiger charge is -2.13. The lowest BCUT2D eigenvalue weighted by atomic mass is 10.1. The molecule has 0 amide bonds. The van der Waals surface area contributed by atoms with Gasteiger partial charge in [-0.15, -0.1) is 0 Å². The van der Waals surface area contributed by atoms with Crippen molar-refractivity contribution in [1.82, 2.24) is 9.55 Å². The molecule has 37 heavy (non-hydrogen) atoms. The molecule has 4 nitrogen and oxygen atoms in total. The molecule has 6 aromatic rings. The summed E-state index contributed by atoms with van der Waals surface area (Å²) in [6, 6.07) is 33.8. The smallest absolute Gasteiger partial charge is 0.345 e. The summed E-state index contributed by atoms with van der Waals surface area (Å²) in [5.74, 6) is 0.0836. The van der Waals surface area contributed by atoms with E-state index >= 15 is 0 Å². The summed E-state index contributed by atoms with van der Waals surface area (Å²) in [5, 5.41) is 2.21. The fourth-order valence-corrected chi connectivity index (χ4v) is 5.57. The quantitative estimate of drug-likeness (QED) is 0.233. The van der Waals surface area contributed by atoms with E-state index in [1.54, 1.807) is 24.3 Å². The summed E-state index contributed by atoms with van der Waals surface area (Å²) in [7, 11) is 0. The highest BCUT2D eigenvalue weighted by Crippen LogP contribution is 2.46. The first-order valence-corrected chi connectivity index (χ1v) is 12.6. The summed E-state index contributed by atoms with van der Waals surface area (Å²) < 4.78 is 8.48. The first-order valence-electron chi connectivity index (χ1n) is 12.2. The predicted octanol–water partition coefficient (Wildman–Crippen LogP) is 7.68. The van der Waals surface area contributed by atoms with Gasteiger partial charge in [0, 0.05) is 29.5 Å². The van der Waals surface area contributed by atoms with Gasteiger partial charge in [0.15, 0.2) is 0 Å². The first-order chi connectivity index (χ1) is 18.2. The standard InChI is InChI=1S/C32H21ClN2O2/c33-26-16-8-6-14-23(26)32(36)37-30-25-18-21-12-4-5-13-22(21)29(25)34-31-28(30)24-15-7-9-17-27(24)35(31)19-20-10-2-1-3-11-20/h1-17H,18-19H2. The van der Waals surface area contributed by atoms with Crippen LogP contribution in [0.2, 0.25) is 5.02 Å². The van der Waals surface area contributed by atoms with E-state index in [4.69, 9.17) is 21.3 Å². The molecule has 0 bridgehead atoms. The summed E-state index contributed by atoms with van der Waals surface area (Å²) in [6.07, 6.45) is 0.651. The van der Waals surface area contributed by atoms with Crippen molar-refractivity contribution >= 4 is 39.5 Å². The van der Waals surface area contributed by atoms with Gasteiger partial charge in [0.1, 0.15) is 11.4 Å². The molecule has 0 saturated carbocycles. The van der Waals surface area contributed by atoms with E-state index in [0.29, 0.717) is 29.3 Å². The van der Waals surface area contributed by atoms with Crippen molar-refractivity contribution < 1.29 is 9.53 Å². The van der Waals surface area contributed by atoms with Crippen LogP contribution in [-0.2, 0) is 13.0 Å². The number of pyridine rings is 1. The predicted molar refractivity (Wildman–Crippen MR) is 147 cm³/mol.